The maximum atomic E-state index is 12.4. The van der Waals surface area contributed by atoms with Crippen molar-refractivity contribution >= 4 is 22.5 Å². The molecule has 1 aromatic heterocycles. The van der Waals surface area contributed by atoms with Crippen molar-refractivity contribution in [2.45, 2.75) is 20.3 Å². The molecule has 0 spiro atoms. The predicted molar refractivity (Wildman–Crippen MR) is 91.7 cm³/mol. The van der Waals surface area contributed by atoms with Gasteiger partial charge < -0.3 is 15.0 Å². The van der Waals surface area contributed by atoms with Crippen molar-refractivity contribution in [1.29, 1.82) is 0 Å². The Balaban J connectivity index is 1.85. The third kappa shape index (κ3) is 3.29. The highest BCUT2D eigenvalue weighted by Gasteiger charge is 2.18. The number of ether oxygens (including phenoxy) is 1. The Kier molecular flexibility index (Phi) is 4.76. The van der Waals surface area contributed by atoms with E-state index in [2.05, 4.69) is 23.3 Å². The van der Waals surface area contributed by atoms with Crippen LogP contribution in [0.4, 0.5) is 5.69 Å². The van der Waals surface area contributed by atoms with Gasteiger partial charge in [-0.15, -0.1) is 0 Å². The van der Waals surface area contributed by atoms with Gasteiger partial charge in [0.15, 0.2) is 0 Å². The van der Waals surface area contributed by atoms with E-state index in [-0.39, 0.29) is 5.91 Å². The third-order valence-corrected chi connectivity index (χ3v) is 4.33. The quantitative estimate of drug-likeness (QED) is 0.941. The van der Waals surface area contributed by atoms with Gasteiger partial charge in [0.25, 0.3) is 0 Å². The molecule has 1 amide bonds. The van der Waals surface area contributed by atoms with E-state index in [1.165, 1.54) is 5.56 Å². The summed E-state index contributed by atoms with van der Waals surface area (Å²) < 4.78 is 5.30. The number of anilines is 1. The number of morpholine rings is 1. The van der Waals surface area contributed by atoms with Gasteiger partial charge in [0.05, 0.1) is 25.3 Å². The average molecular weight is 313 g/mol. The molecule has 0 unspecified atom stereocenters. The van der Waals surface area contributed by atoms with E-state index in [9.17, 15) is 4.79 Å². The fourth-order valence-electron chi connectivity index (χ4n) is 3.10. The van der Waals surface area contributed by atoms with E-state index >= 15 is 0 Å². The monoisotopic (exact) mass is 313 g/mol. The molecule has 0 saturated carbocycles. The van der Waals surface area contributed by atoms with E-state index < -0.39 is 0 Å². The van der Waals surface area contributed by atoms with Gasteiger partial charge in [0, 0.05) is 29.9 Å². The van der Waals surface area contributed by atoms with Crippen molar-refractivity contribution in [2.75, 3.05) is 38.2 Å². The lowest BCUT2D eigenvalue weighted by Gasteiger charge is -2.27. The highest BCUT2D eigenvalue weighted by Crippen LogP contribution is 2.28. The maximum Gasteiger partial charge on any atom is 0.242 e. The molecular weight excluding hydrogens is 290 g/mol. The Labute approximate surface area is 136 Å². The van der Waals surface area contributed by atoms with E-state index in [0.29, 0.717) is 32.8 Å². The number of nitrogens with zero attached hydrogens (tertiary/aromatic N) is 2. The van der Waals surface area contributed by atoms with Gasteiger partial charge in [-0.2, -0.15) is 0 Å². The standard InChI is InChI=1S/C18H23N3O2/c1-3-14-13(2)20-16-7-5-4-6-15(16)18(14)19-12-17(22)21-8-10-23-11-9-21/h4-7H,3,8-12H2,1-2H3,(H,19,20). The first-order valence-electron chi connectivity index (χ1n) is 8.18. The number of para-hydroxylation sites is 1. The number of hydrogen-bond acceptors (Lipinski definition) is 4. The largest absolute Gasteiger partial charge is 0.378 e. The van der Waals surface area contributed by atoms with Crippen LogP contribution in [0, 0.1) is 6.92 Å². The molecule has 23 heavy (non-hydrogen) atoms. The summed E-state index contributed by atoms with van der Waals surface area (Å²) in [6.07, 6.45) is 0.887. The fraction of sp³-hybridized carbons (Fsp3) is 0.444. The molecule has 2 aromatic rings. The average Bonchev–Trinajstić information content (AvgIpc) is 2.59. The molecule has 0 bridgehead atoms. The number of carbonyl (C=O) groups excluding carboxylic acids is 1. The topological polar surface area (TPSA) is 54.5 Å². The Hall–Kier alpha value is -2.14. The van der Waals surface area contributed by atoms with E-state index in [4.69, 9.17) is 4.74 Å². The minimum Gasteiger partial charge on any atom is -0.378 e. The number of pyridine rings is 1. The molecule has 5 nitrogen and oxygen atoms in total. The minimum atomic E-state index is 0.119. The van der Waals surface area contributed by atoms with E-state index in [1.807, 2.05) is 30.0 Å². The van der Waals surface area contributed by atoms with Crippen LogP contribution in [-0.2, 0) is 16.0 Å². The molecular formula is C18H23N3O2. The first-order chi connectivity index (χ1) is 11.2. The second-order valence-corrected chi connectivity index (χ2v) is 5.77. The molecule has 1 fully saturated rings. The Morgan fingerprint density at radius 2 is 2.04 bits per heavy atom. The lowest BCUT2D eigenvalue weighted by Crippen LogP contribution is -2.43. The molecule has 5 heteroatoms. The molecule has 0 aliphatic carbocycles. The summed E-state index contributed by atoms with van der Waals surface area (Å²) in [7, 11) is 0. The second-order valence-electron chi connectivity index (χ2n) is 5.77. The first-order valence-corrected chi connectivity index (χ1v) is 8.18. The minimum absolute atomic E-state index is 0.119. The van der Waals surface area contributed by atoms with Crippen molar-refractivity contribution in [3.05, 3.63) is 35.5 Å². The molecule has 2 heterocycles. The number of aromatic nitrogens is 1. The van der Waals surface area contributed by atoms with Crippen LogP contribution in [-0.4, -0.2) is 48.6 Å². The van der Waals surface area contributed by atoms with Crippen LogP contribution in [0.1, 0.15) is 18.2 Å². The molecule has 1 N–H and O–H groups in total. The van der Waals surface area contributed by atoms with Crippen molar-refractivity contribution in [2.24, 2.45) is 0 Å². The summed E-state index contributed by atoms with van der Waals surface area (Å²) in [5.74, 6) is 0.119. The van der Waals surface area contributed by atoms with E-state index in [1.54, 1.807) is 0 Å². The SMILES string of the molecule is CCc1c(C)nc2ccccc2c1NCC(=O)N1CCOCC1. The zero-order valence-electron chi connectivity index (χ0n) is 13.8. The lowest BCUT2D eigenvalue weighted by atomic mass is 10.0. The molecule has 122 valence electrons. The number of amides is 1. The number of rotatable bonds is 4. The zero-order valence-corrected chi connectivity index (χ0v) is 13.8. The number of benzene rings is 1. The third-order valence-electron chi connectivity index (χ3n) is 4.33. The second kappa shape index (κ2) is 6.96. The summed E-state index contributed by atoms with van der Waals surface area (Å²) in [6.45, 7) is 7.06. The molecule has 1 aromatic carbocycles. The molecule has 3 rings (SSSR count). The Morgan fingerprint density at radius 1 is 1.30 bits per heavy atom. The maximum absolute atomic E-state index is 12.4. The van der Waals surface area contributed by atoms with Crippen LogP contribution in [0.5, 0.6) is 0 Å². The number of aryl methyl sites for hydroxylation is 1. The number of fused-ring (bicyclic) bond motifs is 1. The van der Waals surface area contributed by atoms with Crippen molar-refractivity contribution in [3.8, 4) is 0 Å². The van der Waals surface area contributed by atoms with Gasteiger partial charge in [0.1, 0.15) is 0 Å². The van der Waals surface area contributed by atoms with Crippen molar-refractivity contribution in [1.82, 2.24) is 9.88 Å². The summed E-state index contributed by atoms with van der Waals surface area (Å²) >= 11 is 0. The summed E-state index contributed by atoms with van der Waals surface area (Å²) in [4.78, 5) is 18.9. The van der Waals surface area contributed by atoms with Crippen LogP contribution in [0.3, 0.4) is 0 Å². The van der Waals surface area contributed by atoms with Gasteiger partial charge in [-0.05, 0) is 25.0 Å². The van der Waals surface area contributed by atoms with Gasteiger partial charge in [-0.3, -0.25) is 9.78 Å². The van der Waals surface area contributed by atoms with Crippen molar-refractivity contribution < 1.29 is 9.53 Å². The molecule has 1 aliphatic rings. The smallest absolute Gasteiger partial charge is 0.242 e. The number of hydrogen-bond donors (Lipinski definition) is 1. The van der Waals surface area contributed by atoms with Gasteiger partial charge in [-0.1, -0.05) is 25.1 Å². The van der Waals surface area contributed by atoms with Crippen LogP contribution < -0.4 is 5.32 Å². The summed E-state index contributed by atoms with van der Waals surface area (Å²) in [5, 5.41) is 4.45. The van der Waals surface area contributed by atoms with Crippen LogP contribution in [0.25, 0.3) is 10.9 Å². The van der Waals surface area contributed by atoms with Gasteiger partial charge >= 0.3 is 0 Å². The molecule has 1 aliphatic heterocycles. The summed E-state index contributed by atoms with van der Waals surface area (Å²) in [5.41, 5.74) is 4.20. The highest BCUT2D eigenvalue weighted by molar-refractivity contribution is 5.95. The van der Waals surface area contributed by atoms with Crippen molar-refractivity contribution in [3.63, 3.8) is 0 Å². The predicted octanol–water partition coefficient (Wildman–Crippen LogP) is 2.38. The normalized spacial score (nSPS) is 15.0. The Bertz CT molecular complexity index is 709. The molecule has 1 saturated heterocycles. The van der Waals surface area contributed by atoms with Crippen LogP contribution in [0.15, 0.2) is 24.3 Å². The fourth-order valence-corrected chi connectivity index (χ4v) is 3.10. The van der Waals surface area contributed by atoms with Gasteiger partial charge in [-0.25, -0.2) is 0 Å². The highest BCUT2D eigenvalue weighted by atomic mass is 16.5. The lowest BCUT2D eigenvalue weighted by molar-refractivity contribution is -0.133. The van der Waals surface area contributed by atoms with Crippen LogP contribution >= 0.6 is 0 Å². The molecule has 0 atom stereocenters. The summed E-state index contributed by atoms with van der Waals surface area (Å²) in [6, 6.07) is 8.07. The van der Waals surface area contributed by atoms with E-state index in [0.717, 1.165) is 28.7 Å². The first kappa shape index (κ1) is 15.7. The number of carbonyl (C=O) groups is 1. The Morgan fingerprint density at radius 3 is 2.78 bits per heavy atom. The van der Waals surface area contributed by atoms with Crippen LogP contribution in [0.2, 0.25) is 0 Å². The zero-order chi connectivity index (χ0) is 16.2. The number of nitrogens with one attached hydrogen (secondary N) is 1. The van der Waals surface area contributed by atoms with Gasteiger partial charge in [0.2, 0.25) is 5.91 Å². The molecule has 0 radical (unpaired) electrons.